The molecule has 0 aliphatic carbocycles. The Morgan fingerprint density at radius 3 is 2.89 bits per heavy atom. The SMILES string of the molecule is C=CCn1c(C#N)cc(N)c1Oc1cccc(Cl)c1. The van der Waals surface area contributed by atoms with Crippen LogP contribution >= 0.6 is 11.6 Å². The van der Waals surface area contributed by atoms with Gasteiger partial charge in [-0.05, 0) is 18.2 Å². The number of nitrogens with zero attached hydrogens (tertiary/aromatic N) is 2. The Morgan fingerprint density at radius 1 is 1.47 bits per heavy atom. The van der Waals surface area contributed by atoms with Crippen LogP contribution < -0.4 is 10.5 Å². The second kappa shape index (κ2) is 5.51. The normalized spacial score (nSPS) is 9.89. The van der Waals surface area contributed by atoms with Gasteiger partial charge in [0.15, 0.2) is 0 Å². The first-order chi connectivity index (χ1) is 9.15. The molecule has 0 saturated carbocycles. The number of ether oxygens (including phenoxy) is 1. The molecule has 5 heteroatoms. The summed E-state index contributed by atoms with van der Waals surface area (Å²) in [7, 11) is 0. The van der Waals surface area contributed by atoms with Crippen LogP contribution in [0.4, 0.5) is 5.69 Å². The van der Waals surface area contributed by atoms with Crippen molar-refractivity contribution in [2.75, 3.05) is 5.73 Å². The molecule has 2 aromatic rings. The summed E-state index contributed by atoms with van der Waals surface area (Å²) in [6.07, 6.45) is 1.67. The van der Waals surface area contributed by atoms with Gasteiger partial charge in [0.1, 0.15) is 17.5 Å². The van der Waals surface area contributed by atoms with Crippen LogP contribution in [0.1, 0.15) is 5.69 Å². The van der Waals surface area contributed by atoms with E-state index in [0.29, 0.717) is 34.6 Å². The lowest BCUT2D eigenvalue weighted by atomic mass is 10.3. The molecule has 0 aliphatic heterocycles. The monoisotopic (exact) mass is 273 g/mol. The fraction of sp³-hybridized carbons (Fsp3) is 0.0714. The number of hydrogen-bond donors (Lipinski definition) is 1. The summed E-state index contributed by atoms with van der Waals surface area (Å²) in [5, 5.41) is 9.62. The number of nitriles is 1. The smallest absolute Gasteiger partial charge is 0.224 e. The first kappa shape index (κ1) is 13.1. The number of nitrogen functional groups attached to an aromatic ring is 1. The van der Waals surface area contributed by atoms with Gasteiger partial charge < -0.3 is 10.5 Å². The molecule has 0 amide bonds. The molecule has 4 nitrogen and oxygen atoms in total. The van der Waals surface area contributed by atoms with Crippen LogP contribution in [0.15, 0.2) is 43.0 Å². The average molecular weight is 274 g/mol. The van der Waals surface area contributed by atoms with Crippen LogP contribution in [0, 0.1) is 11.3 Å². The van der Waals surface area contributed by atoms with Crippen LogP contribution in [-0.4, -0.2) is 4.57 Å². The minimum absolute atomic E-state index is 0.401. The van der Waals surface area contributed by atoms with Crippen molar-refractivity contribution >= 4 is 17.3 Å². The van der Waals surface area contributed by atoms with E-state index >= 15 is 0 Å². The Kier molecular flexibility index (Phi) is 3.79. The molecule has 1 aromatic carbocycles. The number of allylic oxidation sites excluding steroid dienone is 1. The summed E-state index contributed by atoms with van der Waals surface area (Å²) in [6.45, 7) is 4.10. The molecule has 19 heavy (non-hydrogen) atoms. The van der Waals surface area contributed by atoms with Gasteiger partial charge in [-0.3, -0.25) is 4.57 Å². The van der Waals surface area contributed by atoms with Gasteiger partial charge in [0.25, 0.3) is 0 Å². The van der Waals surface area contributed by atoms with E-state index in [1.165, 1.54) is 0 Å². The minimum atomic E-state index is 0.401. The highest BCUT2D eigenvalue weighted by atomic mass is 35.5. The first-order valence-electron chi connectivity index (χ1n) is 5.59. The number of anilines is 1. The molecule has 1 aromatic heterocycles. The number of halogens is 1. The van der Waals surface area contributed by atoms with Crippen molar-refractivity contribution in [2.45, 2.75) is 6.54 Å². The summed E-state index contributed by atoms with van der Waals surface area (Å²) in [4.78, 5) is 0. The van der Waals surface area contributed by atoms with Gasteiger partial charge in [-0.2, -0.15) is 5.26 Å². The predicted octanol–water partition coefficient (Wildman–Crippen LogP) is 3.57. The molecule has 0 fully saturated rings. The Morgan fingerprint density at radius 2 is 2.26 bits per heavy atom. The third kappa shape index (κ3) is 2.72. The van der Waals surface area contributed by atoms with Gasteiger partial charge in [-0.25, -0.2) is 0 Å². The van der Waals surface area contributed by atoms with Gasteiger partial charge >= 0.3 is 0 Å². The molecule has 0 spiro atoms. The second-order valence-corrected chi connectivity index (χ2v) is 4.30. The first-order valence-corrected chi connectivity index (χ1v) is 5.97. The van der Waals surface area contributed by atoms with Crippen molar-refractivity contribution in [3.63, 3.8) is 0 Å². The lowest BCUT2D eigenvalue weighted by Gasteiger charge is -2.10. The second-order valence-electron chi connectivity index (χ2n) is 3.86. The van der Waals surface area contributed by atoms with Crippen molar-refractivity contribution in [2.24, 2.45) is 0 Å². The fourth-order valence-electron chi connectivity index (χ4n) is 1.71. The Labute approximate surface area is 116 Å². The number of rotatable bonds is 4. The van der Waals surface area contributed by atoms with Crippen LogP contribution in [0.2, 0.25) is 5.02 Å². The Balaban J connectivity index is 2.42. The molecule has 2 N–H and O–H groups in total. The molecule has 0 bridgehead atoms. The fourth-order valence-corrected chi connectivity index (χ4v) is 1.89. The zero-order valence-corrected chi connectivity index (χ0v) is 10.9. The van der Waals surface area contributed by atoms with Crippen LogP contribution in [0.3, 0.4) is 0 Å². The maximum Gasteiger partial charge on any atom is 0.224 e. The van der Waals surface area contributed by atoms with Gasteiger partial charge in [-0.1, -0.05) is 23.7 Å². The standard InChI is InChI=1S/C14H12ClN3O/c1-2-6-18-11(9-16)8-13(17)14(18)19-12-5-3-4-10(15)7-12/h2-5,7-8H,1,6,17H2. The molecule has 0 atom stereocenters. The van der Waals surface area contributed by atoms with Gasteiger partial charge in [0.05, 0.1) is 5.69 Å². The third-order valence-electron chi connectivity index (χ3n) is 2.51. The highest BCUT2D eigenvalue weighted by Crippen LogP contribution is 2.32. The van der Waals surface area contributed by atoms with Gasteiger partial charge in [0, 0.05) is 17.6 Å². The molecule has 0 saturated heterocycles. The molecule has 0 unspecified atom stereocenters. The number of benzene rings is 1. The molecular formula is C14H12ClN3O. The van der Waals surface area contributed by atoms with E-state index in [1.54, 1.807) is 41.0 Å². The zero-order valence-electron chi connectivity index (χ0n) is 10.1. The quantitative estimate of drug-likeness (QED) is 0.866. The maximum atomic E-state index is 9.06. The van der Waals surface area contributed by atoms with Crippen LogP contribution in [0.25, 0.3) is 0 Å². The Hall–Kier alpha value is -2.38. The maximum absolute atomic E-state index is 9.06. The number of aromatic nitrogens is 1. The van der Waals surface area contributed by atoms with Crippen LogP contribution in [-0.2, 0) is 6.54 Å². The number of hydrogen-bond acceptors (Lipinski definition) is 3. The van der Waals surface area contributed by atoms with E-state index in [0.717, 1.165) is 0 Å². The highest BCUT2D eigenvalue weighted by Gasteiger charge is 2.14. The summed E-state index contributed by atoms with van der Waals surface area (Å²) in [5.41, 5.74) is 6.70. The van der Waals surface area contributed by atoms with Crippen molar-refractivity contribution in [3.05, 3.63) is 53.7 Å². The lowest BCUT2D eigenvalue weighted by molar-refractivity contribution is 0.439. The number of nitrogens with two attached hydrogens (primary N) is 1. The van der Waals surface area contributed by atoms with Crippen LogP contribution in [0.5, 0.6) is 11.6 Å². The molecule has 2 rings (SSSR count). The highest BCUT2D eigenvalue weighted by molar-refractivity contribution is 6.30. The van der Waals surface area contributed by atoms with Crippen molar-refractivity contribution in [3.8, 4) is 17.7 Å². The predicted molar refractivity (Wildman–Crippen MR) is 75.3 cm³/mol. The van der Waals surface area contributed by atoms with E-state index in [9.17, 15) is 0 Å². The van der Waals surface area contributed by atoms with E-state index < -0.39 is 0 Å². The summed E-state index contributed by atoms with van der Waals surface area (Å²) < 4.78 is 7.37. The molecule has 96 valence electrons. The lowest BCUT2D eigenvalue weighted by Crippen LogP contribution is -2.02. The molecule has 0 radical (unpaired) electrons. The summed E-state index contributed by atoms with van der Waals surface area (Å²) in [6, 6.07) is 10.6. The minimum Gasteiger partial charge on any atom is -0.439 e. The van der Waals surface area contributed by atoms with E-state index in [4.69, 9.17) is 27.3 Å². The molecular weight excluding hydrogens is 262 g/mol. The average Bonchev–Trinajstić information content (AvgIpc) is 2.67. The van der Waals surface area contributed by atoms with Gasteiger partial charge in [0.2, 0.25) is 5.88 Å². The van der Waals surface area contributed by atoms with Gasteiger partial charge in [-0.15, -0.1) is 6.58 Å². The largest absolute Gasteiger partial charge is 0.439 e. The molecule has 1 heterocycles. The summed E-state index contributed by atoms with van der Waals surface area (Å²) in [5.74, 6) is 0.978. The van der Waals surface area contributed by atoms with Crippen molar-refractivity contribution < 1.29 is 4.74 Å². The Bertz CT molecular complexity index is 655. The van der Waals surface area contributed by atoms with E-state index in [1.807, 2.05) is 0 Å². The van der Waals surface area contributed by atoms with Crippen molar-refractivity contribution in [1.29, 1.82) is 5.26 Å². The third-order valence-corrected chi connectivity index (χ3v) is 2.75. The molecule has 0 aliphatic rings. The van der Waals surface area contributed by atoms with E-state index in [-0.39, 0.29) is 0 Å². The van der Waals surface area contributed by atoms with Crippen molar-refractivity contribution in [1.82, 2.24) is 4.57 Å². The topological polar surface area (TPSA) is 64.0 Å². The summed E-state index contributed by atoms with van der Waals surface area (Å²) >= 11 is 5.90. The zero-order chi connectivity index (χ0) is 13.8. The van der Waals surface area contributed by atoms with E-state index in [2.05, 4.69) is 12.6 Å².